The van der Waals surface area contributed by atoms with Crippen LogP contribution in [0, 0.1) is 23.2 Å². The Hall–Kier alpha value is -0.730. The Morgan fingerprint density at radius 2 is 1.62 bits per heavy atom. The van der Waals surface area contributed by atoms with Gasteiger partial charge in [-0.15, -0.1) is 0 Å². The molecule has 16 heavy (non-hydrogen) atoms. The summed E-state index contributed by atoms with van der Waals surface area (Å²) in [5.74, 6) is 2.80. The van der Waals surface area contributed by atoms with Gasteiger partial charge in [-0.1, -0.05) is 0 Å². The van der Waals surface area contributed by atoms with E-state index in [4.69, 9.17) is 5.73 Å². The summed E-state index contributed by atoms with van der Waals surface area (Å²) in [5, 5.41) is 2.94. The second-order valence-electron chi connectivity index (χ2n) is 6.51. The number of urea groups is 1. The van der Waals surface area contributed by atoms with E-state index in [0.717, 1.165) is 17.8 Å². The van der Waals surface area contributed by atoms with Crippen LogP contribution in [0.2, 0.25) is 0 Å². The molecule has 3 N–H and O–H groups in total. The van der Waals surface area contributed by atoms with Crippen molar-refractivity contribution in [1.82, 2.24) is 5.32 Å². The van der Waals surface area contributed by atoms with Gasteiger partial charge in [0, 0.05) is 6.04 Å². The molecule has 0 spiro atoms. The highest BCUT2D eigenvalue weighted by Crippen LogP contribution is 2.61. The number of hydrogen-bond donors (Lipinski definition) is 2. The standard InChI is InChI=1S/C13H22N2O/c1-8(15-12(14)16)13-5-9-2-10(6-13)4-11(3-9)7-13/h8-11H,2-7H2,1H3,(H3,14,15,16)/t8-,9?,10?,11?,13?/m1/s1. The van der Waals surface area contributed by atoms with Crippen LogP contribution in [0.3, 0.4) is 0 Å². The highest BCUT2D eigenvalue weighted by Gasteiger charge is 2.53. The molecule has 0 aromatic heterocycles. The van der Waals surface area contributed by atoms with Crippen LogP contribution in [0.15, 0.2) is 0 Å². The highest BCUT2D eigenvalue weighted by molar-refractivity contribution is 5.72. The van der Waals surface area contributed by atoms with Crippen LogP contribution in [0.5, 0.6) is 0 Å². The first-order valence-corrected chi connectivity index (χ1v) is 6.63. The van der Waals surface area contributed by atoms with E-state index in [0.29, 0.717) is 5.41 Å². The lowest BCUT2D eigenvalue weighted by molar-refractivity contribution is -0.0680. The molecule has 4 rings (SSSR count). The lowest BCUT2D eigenvalue weighted by atomic mass is 9.48. The zero-order valence-electron chi connectivity index (χ0n) is 10.0. The molecule has 0 aromatic carbocycles. The Labute approximate surface area is 97.2 Å². The molecule has 0 aromatic rings. The van der Waals surface area contributed by atoms with E-state index >= 15 is 0 Å². The molecule has 90 valence electrons. The third-order valence-electron chi connectivity index (χ3n) is 5.36. The first kappa shape index (κ1) is 10.4. The van der Waals surface area contributed by atoms with Crippen molar-refractivity contribution in [2.45, 2.75) is 51.5 Å². The summed E-state index contributed by atoms with van der Waals surface area (Å²) in [6.45, 7) is 2.15. The van der Waals surface area contributed by atoms with Gasteiger partial charge in [-0.2, -0.15) is 0 Å². The van der Waals surface area contributed by atoms with E-state index in [2.05, 4.69) is 12.2 Å². The molecule has 0 aliphatic heterocycles. The summed E-state index contributed by atoms with van der Waals surface area (Å²) < 4.78 is 0. The smallest absolute Gasteiger partial charge is 0.312 e. The van der Waals surface area contributed by atoms with Crippen molar-refractivity contribution in [2.75, 3.05) is 0 Å². The van der Waals surface area contributed by atoms with Gasteiger partial charge in [0.05, 0.1) is 0 Å². The van der Waals surface area contributed by atoms with Crippen molar-refractivity contribution < 1.29 is 4.79 Å². The molecule has 4 aliphatic carbocycles. The van der Waals surface area contributed by atoms with Crippen molar-refractivity contribution in [3.63, 3.8) is 0 Å². The summed E-state index contributed by atoms with van der Waals surface area (Å²) >= 11 is 0. The number of nitrogens with one attached hydrogen (secondary N) is 1. The number of carbonyl (C=O) groups excluding carboxylic acids is 1. The van der Waals surface area contributed by atoms with Crippen molar-refractivity contribution in [1.29, 1.82) is 0 Å². The summed E-state index contributed by atoms with van der Waals surface area (Å²) in [6, 6.07) is -0.0957. The van der Waals surface area contributed by atoms with Crippen LogP contribution in [0.1, 0.15) is 45.4 Å². The minimum absolute atomic E-state index is 0.262. The van der Waals surface area contributed by atoms with Crippen LogP contribution in [-0.4, -0.2) is 12.1 Å². The molecule has 1 atom stereocenters. The molecule has 4 bridgehead atoms. The number of nitrogens with two attached hydrogens (primary N) is 1. The Balaban J connectivity index is 1.80. The minimum atomic E-state index is -0.358. The number of amides is 2. The van der Waals surface area contributed by atoms with Crippen molar-refractivity contribution in [3.8, 4) is 0 Å². The van der Waals surface area contributed by atoms with E-state index in [1.54, 1.807) is 0 Å². The lowest BCUT2D eigenvalue weighted by Crippen LogP contribution is -2.56. The van der Waals surface area contributed by atoms with E-state index in [9.17, 15) is 4.79 Å². The van der Waals surface area contributed by atoms with Crippen molar-refractivity contribution in [2.24, 2.45) is 28.9 Å². The normalized spacial score (nSPS) is 46.7. The molecule has 0 saturated heterocycles. The fraction of sp³-hybridized carbons (Fsp3) is 0.923. The second-order valence-corrected chi connectivity index (χ2v) is 6.51. The molecule has 2 amide bonds. The zero-order chi connectivity index (χ0) is 11.3. The summed E-state index contributed by atoms with van der Waals surface area (Å²) in [6.07, 6.45) is 8.30. The zero-order valence-corrected chi connectivity index (χ0v) is 10.0. The molecule has 4 saturated carbocycles. The average molecular weight is 222 g/mol. The molecular formula is C13H22N2O. The molecule has 0 radical (unpaired) electrons. The van der Waals surface area contributed by atoms with E-state index in [1.807, 2.05) is 0 Å². The SMILES string of the molecule is C[C@@H](NC(N)=O)C12CC3CC(CC(C3)C1)C2. The Morgan fingerprint density at radius 3 is 2.00 bits per heavy atom. The van der Waals surface area contributed by atoms with E-state index in [1.165, 1.54) is 38.5 Å². The van der Waals surface area contributed by atoms with Gasteiger partial charge >= 0.3 is 6.03 Å². The maximum atomic E-state index is 11.0. The van der Waals surface area contributed by atoms with Crippen LogP contribution >= 0.6 is 0 Å². The number of rotatable bonds is 2. The van der Waals surface area contributed by atoms with Crippen LogP contribution in [0.4, 0.5) is 4.79 Å². The lowest BCUT2D eigenvalue weighted by Gasteiger charge is -2.59. The molecule has 4 aliphatic rings. The first-order chi connectivity index (χ1) is 7.57. The number of carbonyl (C=O) groups is 1. The fourth-order valence-electron chi connectivity index (χ4n) is 5.07. The maximum Gasteiger partial charge on any atom is 0.312 e. The third kappa shape index (κ3) is 1.52. The highest BCUT2D eigenvalue weighted by atomic mass is 16.2. The molecule has 0 unspecified atom stereocenters. The van der Waals surface area contributed by atoms with Crippen LogP contribution in [-0.2, 0) is 0 Å². The van der Waals surface area contributed by atoms with Gasteiger partial charge < -0.3 is 11.1 Å². The predicted molar refractivity (Wildman–Crippen MR) is 62.8 cm³/mol. The molecule has 4 fully saturated rings. The number of primary amides is 1. The summed E-state index contributed by atoms with van der Waals surface area (Å²) in [7, 11) is 0. The van der Waals surface area contributed by atoms with Gasteiger partial charge in [-0.25, -0.2) is 4.79 Å². The quantitative estimate of drug-likeness (QED) is 0.739. The van der Waals surface area contributed by atoms with Gasteiger partial charge in [0.2, 0.25) is 0 Å². The molecule has 0 heterocycles. The fourth-order valence-corrected chi connectivity index (χ4v) is 5.07. The summed E-state index contributed by atoms with van der Waals surface area (Å²) in [5.41, 5.74) is 5.64. The van der Waals surface area contributed by atoms with Crippen LogP contribution in [0.25, 0.3) is 0 Å². The Morgan fingerprint density at radius 1 is 1.19 bits per heavy atom. The third-order valence-corrected chi connectivity index (χ3v) is 5.36. The van der Waals surface area contributed by atoms with Gasteiger partial charge in [0.15, 0.2) is 0 Å². The van der Waals surface area contributed by atoms with Crippen molar-refractivity contribution in [3.05, 3.63) is 0 Å². The van der Waals surface area contributed by atoms with Crippen LogP contribution < -0.4 is 11.1 Å². The second kappa shape index (κ2) is 3.38. The first-order valence-electron chi connectivity index (χ1n) is 6.63. The average Bonchev–Trinajstić information content (AvgIpc) is 2.13. The van der Waals surface area contributed by atoms with E-state index in [-0.39, 0.29) is 12.1 Å². The molecule has 3 nitrogen and oxygen atoms in total. The largest absolute Gasteiger partial charge is 0.352 e. The molecule has 3 heteroatoms. The van der Waals surface area contributed by atoms with Gasteiger partial charge in [-0.05, 0) is 68.6 Å². The molecular weight excluding hydrogens is 200 g/mol. The van der Waals surface area contributed by atoms with Gasteiger partial charge in [-0.3, -0.25) is 0 Å². The van der Waals surface area contributed by atoms with Gasteiger partial charge in [0.1, 0.15) is 0 Å². The Bertz CT molecular complexity index is 278. The maximum absolute atomic E-state index is 11.0. The summed E-state index contributed by atoms with van der Waals surface area (Å²) in [4.78, 5) is 11.0. The predicted octanol–water partition coefficient (Wildman–Crippen LogP) is 2.26. The van der Waals surface area contributed by atoms with Crippen molar-refractivity contribution >= 4 is 6.03 Å². The topological polar surface area (TPSA) is 55.1 Å². The van der Waals surface area contributed by atoms with E-state index < -0.39 is 0 Å². The Kier molecular flexibility index (Phi) is 2.20. The number of hydrogen-bond acceptors (Lipinski definition) is 1. The monoisotopic (exact) mass is 222 g/mol. The van der Waals surface area contributed by atoms with Gasteiger partial charge in [0.25, 0.3) is 0 Å². The minimum Gasteiger partial charge on any atom is -0.352 e.